The van der Waals surface area contributed by atoms with Crippen LogP contribution in [0, 0.1) is 0 Å². The van der Waals surface area contributed by atoms with Crippen LogP contribution < -0.4 is 10.1 Å². The van der Waals surface area contributed by atoms with Crippen molar-refractivity contribution in [2.75, 3.05) is 31.5 Å². The lowest BCUT2D eigenvalue weighted by molar-refractivity contribution is -0.139. The van der Waals surface area contributed by atoms with E-state index in [4.69, 9.17) is 4.74 Å². The lowest BCUT2D eigenvalue weighted by Gasteiger charge is -2.36. The Morgan fingerprint density at radius 1 is 1.00 bits per heavy atom. The van der Waals surface area contributed by atoms with Gasteiger partial charge in [0.2, 0.25) is 5.91 Å². The summed E-state index contributed by atoms with van der Waals surface area (Å²) in [6, 6.07) is 13.0. The maximum Gasteiger partial charge on any atom is 0.263 e. The number of nitrogens with one attached hydrogen (secondary N) is 1. The zero-order chi connectivity index (χ0) is 21.7. The fourth-order valence-corrected chi connectivity index (χ4v) is 3.28. The number of carbonyl (C=O) groups is 3. The Kier molecular flexibility index (Phi) is 6.56. The first-order valence-electron chi connectivity index (χ1n) is 9.75. The third-order valence-electron chi connectivity index (χ3n) is 4.81. The molecular formula is C22H25N3O5. The predicted octanol–water partition coefficient (Wildman–Crippen LogP) is 2.10. The lowest BCUT2D eigenvalue weighted by atomic mass is 10.1. The monoisotopic (exact) mass is 411 g/mol. The second kappa shape index (κ2) is 9.30. The molecule has 0 radical (unpaired) electrons. The summed E-state index contributed by atoms with van der Waals surface area (Å²) in [6.07, 6.45) is -0.675. The van der Waals surface area contributed by atoms with Crippen molar-refractivity contribution in [2.24, 2.45) is 0 Å². The number of hydrogen-bond acceptors (Lipinski definition) is 5. The Morgan fingerprint density at radius 3 is 2.27 bits per heavy atom. The summed E-state index contributed by atoms with van der Waals surface area (Å²) in [6.45, 7) is 4.76. The second-order valence-electron chi connectivity index (χ2n) is 7.13. The summed E-state index contributed by atoms with van der Waals surface area (Å²) in [5.74, 6) is 0.145. The number of carbonyl (C=O) groups excluding carboxylic acids is 3. The molecule has 3 amide bonds. The SMILES string of the molecule is CC(=O)Nc1cccc(C(=O)N2CCN(C(=O)C(C)Oc3ccc(O)cc3)CC2)c1. The average Bonchev–Trinajstić information content (AvgIpc) is 2.74. The molecule has 2 aromatic rings. The molecule has 1 atom stereocenters. The average molecular weight is 411 g/mol. The molecule has 8 nitrogen and oxygen atoms in total. The molecule has 0 bridgehead atoms. The number of benzene rings is 2. The van der Waals surface area contributed by atoms with E-state index in [1.165, 1.54) is 19.1 Å². The first-order valence-corrected chi connectivity index (χ1v) is 9.75. The Labute approximate surface area is 175 Å². The first-order chi connectivity index (χ1) is 14.3. The summed E-state index contributed by atoms with van der Waals surface area (Å²) < 4.78 is 5.66. The summed E-state index contributed by atoms with van der Waals surface area (Å²) in [7, 11) is 0. The van der Waals surface area contributed by atoms with Gasteiger partial charge < -0.3 is 25.0 Å². The van der Waals surface area contributed by atoms with Gasteiger partial charge in [-0.25, -0.2) is 0 Å². The van der Waals surface area contributed by atoms with Crippen molar-refractivity contribution in [3.05, 3.63) is 54.1 Å². The van der Waals surface area contributed by atoms with Gasteiger partial charge in [0.25, 0.3) is 11.8 Å². The summed E-state index contributed by atoms with van der Waals surface area (Å²) in [5, 5.41) is 12.0. The highest BCUT2D eigenvalue weighted by atomic mass is 16.5. The van der Waals surface area contributed by atoms with Crippen LogP contribution in [0.3, 0.4) is 0 Å². The van der Waals surface area contributed by atoms with Crippen molar-refractivity contribution >= 4 is 23.4 Å². The molecule has 3 rings (SSSR count). The van der Waals surface area contributed by atoms with Crippen molar-refractivity contribution in [1.29, 1.82) is 0 Å². The van der Waals surface area contributed by atoms with Gasteiger partial charge in [0.15, 0.2) is 6.10 Å². The molecule has 2 N–H and O–H groups in total. The van der Waals surface area contributed by atoms with Crippen LogP contribution in [-0.4, -0.2) is 64.9 Å². The highest BCUT2D eigenvalue weighted by Gasteiger charge is 2.28. The molecule has 8 heteroatoms. The van der Waals surface area contributed by atoms with Crippen molar-refractivity contribution in [3.63, 3.8) is 0 Å². The standard InChI is InChI=1S/C22H25N3O5/c1-15(30-20-8-6-19(27)7-9-20)21(28)24-10-12-25(13-11-24)22(29)17-4-3-5-18(14-17)23-16(2)26/h3-9,14-15,27H,10-13H2,1-2H3,(H,23,26). The van der Waals surface area contributed by atoms with Gasteiger partial charge in [0.05, 0.1) is 0 Å². The normalized spacial score (nSPS) is 14.7. The quantitative estimate of drug-likeness (QED) is 0.785. The number of piperazine rings is 1. The number of rotatable bonds is 5. The summed E-state index contributed by atoms with van der Waals surface area (Å²) in [5.41, 5.74) is 1.06. The van der Waals surface area contributed by atoms with Crippen molar-refractivity contribution in [2.45, 2.75) is 20.0 Å². The minimum atomic E-state index is -0.675. The van der Waals surface area contributed by atoms with Gasteiger partial charge >= 0.3 is 0 Å². The Balaban J connectivity index is 1.54. The van der Waals surface area contributed by atoms with E-state index in [0.717, 1.165) is 0 Å². The smallest absolute Gasteiger partial charge is 0.263 e. The van der Waals surface area contributed by atoms with Crippen LogP contribution in [0.2, 0.25) is 0 Å². The van der Waals surface area contributed by atoms with Gasteiger partial charge in [0, 0.05) is 44.4 Å². The van der Waals surface area contributed by atoms with E-state index in [1.54, 1.807) is 53.1 Å². The van der Waals surface area contributed by atoms with Crippen molar-refractivity contribution in [3.8, 4) is 11.5 Å². The molecule has 0 saturated carbocycles. The molecule has 1 heterocycles. The van der Waals surface area contributed by atoms with Gasteiger partial charge in [-0.15, -0.1) is 0 Å². The Bertz CT molecular complexity index is 921. The molecule has 158 valence electrons. The fourth-order valence-electron chi connectivity index (χ4n) is 3.28. The van der Waals surface area contributed by atoms with Crippen molar-refractivity contribution in [1.82, 2.24) is 9.80 Å². The van der Waals surface area contributed by atoms with E-state index in [1.807, 2.05) is 0 Å². The maximum absolute atomic E-state index is 12.8. The zero-order valence-corrected chi connectivity index (χ0v) is 17.0. The van der Waals surface area contributed by atoms with E-state index in [2.05, 4.69) is 5.32 Å². The Hall–Kier alpha value is -3.55. The van der Waals surface area contributed by atoms with Gasteiger partial charge in [-0.3, -0.25) is 14.4 Å². The lowest BCUT2D eigenvalue weighted by Crippen LogP contribution is -2.53. The third kappa shape index (κ3) is 5.28. The fraction of sp³-hybridized carbons (Fsp3) is 0.318. The minimum absolute atomic E-state index is 0.129. The van der Waals surface area contributed by atoms with Gasteiger partial charge in [0.1, 0.15) is 11.5 Å². The zero-order valence-electron chi connectivity index (χ0n) is 17.0. The number of anilines is 1. The number of phenols is 1. The van der Waals surface area contributed by atoms with Crippen LogP contribution in [0.15, 0.2) is 48.5 Å². The third-order valence-corrected chi connectivity index (χ3v) is 4.81. The number of phenolic OH excluding ortho intramolecular Hbond substituents is 1. The molecule has 1 aliphatic heterocycles. The highest BCUT2D eigenvalue weighted by molar-refractivity contribution is 5.97. The highest BCUT2D eigenvalue weighted by Crippen LogP contribution is 2.19. The molecule has 1 aliphatic rings. The van der Waals surface area contributed by atoms with Crippen LogP contribution in [-0.2, 0) is 9.59 Å². The predicted molar refractivity (Wildman–Crippen MR) is 111 cm³/mol. The molecular weight excluding hydrogens is 386 g/mol. The number of ether oxygens (including phenoxy) is 1. The van der Waals surface area contributed by atoms with E-state index in [0.29, 0.717) is 43.2 Å². The minimum Gasteiger partial charge on any atom is -0.508 e. The molecule has 0 aromatic heterocycles. The molecule has 1 unspecified atom stereocenters. The number of nitrogens with zero attached hydrogens (tertiary/aromatic N) is 2. The van der Waals surface area contributed by atoms with Crippen LogP contribution in [0.5, 0.6) is 11.5 Å². The van der Waals surface area contributed by atoms with Gasteiger partial charge in [-0.05, 0) is 49.4 Å². The summed E-state index contributed by atoms with van der Waals surface area (Å²) in [4.78, 5) is 40.0. The number of aromatic hydroxyl groups is 1. The van der Waals surface area contributed by atoms with E-state index in [9.17, 15) is 19.5 Å². The molecule has 0 aliphatic carbocycles. The Morgan fingerprint density at radius 2 is 1.63 bits per heavy atom. The van der Waals surface area contributed by atoms with E-state index < -0.39 is 6.10 Å². The van der Waals surface area contributed by atoms with Crippen molar-refractivity contribution < 1.29 is 24.2 Å². The van der Waals surface area contributed by atoms with Gasteiger partial charge in [-0.1, -0.05) is 6.07 Å². The van der Waals surface area contributed by atoms with Crippen LogP contribution in [0.25, 0.3) is 0 Å². The van der Waals surface area contributed by atoms with Crippen LogP contribution in [0.4, 0.5) is 5.69 Å². The van der Waals surface area contributed by atoms with Crippen LogP contribution in [0.1, 0.15) is 24.2 Å². The molecule has 0 spiro atoms. The van der Waals surface area contributed by atoms with E-state index >= 15 is 0 Å². The van der Waals surface area contributed by atoms with Crippen LogP contribution >= 0.6 is 0 Å². The molecule has 1 saturated heterocycles. The second-order valence-corrected chi connectivity index (χ2v) is 7.13. The van der Waals surface area contributed by atoms with E-state index in [-0.39, 0.29) is 23.5 Å². The largest absolute Gasteiger partial charge is 0.508 e. The maximum atomic E-state index is 12.8. The van der Waals surface area contributed by atoms with Gasteiger partial charge in [-0.2, -0.15) is 0 Å². The topological polar surface area (TPSA) is 99.2 Å². The number of hydrogen-bond donors (Lipinski definition) is 2. The first kappa shape index (κ1) is 21.2. The molecule has 30 heavy (non-hydrogen) atoms. The summed E-state index contributed by atoms with van der Waals surface area (Å²) >= 11 is 0. The molecule has 1 fully saturated rings. The molecule has 2 aromatic carbocycles. The number of amides is 3.